The van der Waals surface area contributed by atoms with Gasteiger partial charge < -0.3 is 42.2 Å². The maximum atomic E-state index is 13.3. The zero-order valence-corrected chi connectivity index (χ0v) is 20.5. The van der Waals surface area contributed by atoms with Crippen molar-refractivity contribution in [2.75, 3.05) is 6.54 Å². The fourth-order valence-corrected chi connectivity index (χ4v) is 4.24. The van der Waals surface area contributed by atoms with Crippen molar-refractivity contribution in [1.82, 2.24) is 25.5 Å². The number of benzene rings is 1. The lowest BCUT2D eigenvalue weighted by Gasteiger charge is -2.29. The summed E-state index contributed by atoms with van der Waals surface area (Å²) in [6.45, 7) is 0.165. The maximum Gasteiger partial charge on any atom is 0.326 e. The normalized spacial score (nSPS) is 17.3. The van der Waals surface area contributed by atoms with E-state index in [-0.39, 0.29) is 31.6 Å². The number of nitrogens with one attached hydrogen (secondary N) is 3. The number of carbonyl (C=O) groups excluding carboxylic acids is 4. The monoisotopic (exact) mass is 529 g/mol. The number of amides is 4. The minimum atomic E-state index is -1.35. The second-order valence-corrected chi connectivity index (χ2v) is 9.08. The predicted molar refractivity (Wildman–Crippen MR) is 132 cm³/mol. The van der Waals surface area contributed by atoms with Gasteiger partial charge in [0.2, 0.25) is 23.6 Å². The molecule has 0 bridgehead atoms. The fourth-order valence-electron chi connectivity index (χ4n) is 4.24. The molecule has 1 saturated heterocycles. The van der Waals surface area contributed by atoms with Crippen molar-refractivity contribution >= 4 is 29.6 Å². The second-order valence-electron chi connectivity index (χ2n) is 9.08. The number of aromatic amines is 1. The fraction of sp³-hybridized carbons (Fsp3) is 0.417. The third-order valence-corrected chi connectivity index (χ3v) is 6.18. The van der Waals surface area contributed by atoms with Crippen LogP contribution in [0.15, 0.2) is 36.8 Å². The number of hydrogen-bond donors (Lipinski definition) is 7. The molecule has 0 radical (unpaired) electrons. The van der Waals surface area contributed by atoms with Gasteiger partial charge in [-0.2, -0.15) is 0 Å². The summed E-state index contributed by atoms with van der Waals surface area (Å²) in [7, 11) is 0. The number of carboxylic acids is 1. The average Bonchev–Trinajstić information content (AvgIpc) is 3.56. The van der Waals surface area contributed by atoms with E-state index in [2.05, 4.69) is 20.6 Å². The summed E-state index contributed by atoms with van der Waals surface area (Å²) < 4.78 is 0. The Balaban J connectivity index is 1.68. The number of carboxylic acid groups (broad SMARTS) is 1. The minimum Gasteiger partial charge on any atom is -0.508 e. The number of rotatable bonds is 12. The van der Waals surface area contributed by atoms with Crippen LogP contribution < -0.4 is 22.1 Å². The molecule has 9 N–H and O–H groups in total. The molecule has 1 aromatic carbocycles. The van der Waals surface area contributed by atoms with Gasteiger partial charge in [0.25, 0.3) is 0 Å². The van der Waals surface area contributed by atoms with Crippen LogP contribution in [-0.2, 0) is 36.8 Å². The summed E-state index contributed by atoms with van der Waals surface area (Å²) in [6, 6.07) is 1.19. The molecular formula is C24H31N7O7. The zero-order chi connectivity index (χ0) is 27.8. The summed E-state index contributed by atoms with van der Waals surface area (Å²) in [5.41, 5.74) is 12.4. The second kappa shape index (κ2) is 12.7. The number of aliphatic carboxylic acids is 1. The van der Waals surface area contributed by atoms with Crippen LogP contribution in [0, 0.1) is 0 Å². The smallest absolute Gasteiger partial charge is 0.326 e. The Morgan fingerprint density at radius 2 is 1.82 bits per heavy atom. The first-order chi connectivity index (χ1) is 18.0. The van der Waals surface area contributed by atoms with Crippen LogP contribution >= 0.6 is 0 Å². The highest BCUT2D eigenvalue weighted by molar-refractivity contribution is 5.96. The number of nitrogens with zero attached hydrogens (tertiary/aromatic N) is 2. The van der Waals surface area contributed by atoms with E-state index in [1.54, 1.807) is 0 Å². The first-order valence-electron chi connectivity index (χ1n) is 12.0. The van der Waals surface area contributed by atoms with E-state index in [9.17, 15) is 34.2 Å². The molecule has 1 aliphatic rings. The quantitative estimate of drug-likeness (QED) is 0.163. The molecule has 1 fully saturated rings. The number of aromatic nitrogens is 2. The number of phenols is 1. The molecule has 2 heterocycles. The third kappa shape index (κ3) is 7.52. The van der Waals surface area contributed by atoms with E-state index in [0.717, 1.165) is 0 Å². The van der Waals surface area contributed by atoms with Crippen LogP contribution in [0.5, 0.6) is 5.75 Å². The molecule has 204 valence electrons. The summed E-state index contributed by atoms with van der Waals surface area (Å²) in [6.07, 6.45) is 3.20. The molecular weight excluding hydrogens is 498 g/mol. The molecule has 3 rings (SSSR count). The third-order valence-electron chi connectivity index (χ3n) is 6.18. The van der Waals surface area contributed by atoms with Crippen molar-refractivity contribution in [3.63, 3.8) is 0 Å². The lowest BCUT2D eigenvalue weighted by molar-refractivity contribution is -0.145. The van der Waals surface area contributed by atoms with Gasteiger partial charge in [-0.3, -0.25) is 19.2 Å². The molecule has 38 heavy (non-hydrogen) atoms. The zero-order valence-electron chi connectivity index (χ0n) is 20.5. The highest BCUT2D eigenvalue weighted by atomic mass is 16.4. The van der Waals surface area contributed by atoms with Crippen molar-refractivity contribution in [3.05, 3.63) is 48.0 Å². The van der Waals surface area contributed by atoms with Crippen LogP contribution in [0.3, 0.4) is 0 Å². The van der Waals surface area contributed by atoms with E-state index in [1.165, 1.54) is 41.7 Å². The molecule has 4 amide bonds. The molecule has 1 aliphatic heterocycles. The first-order valence-corrected chi connectivity index (χ1v) is 12.0. The molecule has 4 unspecified atom stereocenters. The Labute approximate surface area is 217 Å². The molecule has 14 nitrogen and oxygen atoms in total. The van der Waals surface area contributed by atoms with Crippen molar-refractivity contribution in [2.24, 2.45) is 11.5 Å². The van der Waals surface area contributed by atoms with Gasteiger partial charge in [0, 0.05) is 31.3 Å². The SMILES string of the molecule is NC(=O)CC(NC(=O)C(N)Cc1cnc[nH]1)C(=O)N1CCCC1C(=O)NC(Cc1ccc(O)cc1)C(=O)O. The molecule has 0 aliphatic carbocycles. The lowest BCUT2D eigenvalue weighted by Crippen LogP contribution is -2.57. The van der Waals surface area contributed by atoms with Crippen molar-refractivity contribution in [1.29, 1.82) is 0 Å². The number of H-pyrrole nitrogens is 1. The maximum absolute atomic E-state index is 13.3. The van der Waals surface area contributed by atoms with Gasteiger partial charge >= 0.3 is 5.97 Å². The average molecular weight is 530 g/mol. The summed E-state index contributed by atoms with van der Waals surface area (Å²) in [4.78, 5) is 70.4. The summed E-state index contributed by atoms with van der Waals surface area (Å²) in [5, 5.41) is 24.0. The van der Waals surface area contributed by atoms with Crippen molar-refractivity contribution in [2.45, 2.75) is 56.3 Å². The Morgan fingerprint density at radius 3 is 2.42 bits per heavy atom. The minimum absolute atomic E-state index is 0.0182. The Morgan fingerprint density at radius 1 is 1.11 bits per heavy atom. The Kier molecular flexibility index (Phi) is 9.38. The molecule has 4 atom stereocenters. The van der Waals surface area contributed by atoms with Crippen LogP contribution in [-0.4, -0.2) is 85.4 Å². The number of carbonyl (C=O) groups is 5. The number of nitrogens with two attached hydrogens (primary N) is 2. The van der Waals surface area contributed by atoms with Crippen LogP contribution in [0.1, 0.15) is 30.5 Å². The topological polar surface area (TPSA) is 234 Å². The van der Waals surface area contributed by atoms with Crippen LogP contribution in [0.2, 0.25) is 0 Å². The molecule has 2 aromatic rings. The van der Waals surface area contributed by atoms with Crippen molar-refractivity contribution in [3.8, 4) is 5.75 Å². The predicted octanol–water partition coefficient (Wildman–Crippen LogP) is -1.85. The van der Waals surface area contributed by atoms with Gasteiger partial charge in [-0.15, -0.1) is 0 Å². The first kappa shape index (κ1) is 28.1. The van der Waals surface area contributed by atoms with Crippen LogP contribution in [0.4, 0.5) is 0 Å². The van der Waals surface area contributed by atoms with E-state index in [0.29, 0.717) is 17.7 Å². The number of phenolic OH excluding ortho intramolecular Hbond substituents is 1. The molecule has 1 aromatic heterocycles. The number of imidazole rings is 1. The van der Waals surface area contributed by atoms with Gasteiger partial charge in [0.05, 0.1) is 18.8 Å². The number of aromatic hydroxyl groups is 1. The lowest BCUT2D eigenvalue weighted by atomic mass is 10.0. The largest absolute Gasteiger partial charge is 0.508 e. The highest BCUT2D eigenvalue weighted by Crippen LogP contribution is 2.20. The van der Waals surface area contributed by atoms with Gasteiger partial charge in [-0.05, 0) is 30.5 Å². The molecule has 0 saturated carbocycles. The number of primary amides is 1. The van der Waals surface area contributed by atoms with Gasteiger partial charge in [-0.25, -0.2) is 9.78 Å². The Hall–Kier alpha value is -4.46. The van der Waals surface area contributed by atoms with Crippen LogP contribution in [0.25, 0.3) is 0 Å². The Bertz CT molecular complexity index is 1150. The van der Waals surface area contributed by atoms with Gasteiger partial charge in [0.1, 0.15) is 23.9 Å². The van der Waals surface area contributed by atoms with E-state index in [4.69, 9.17) is 11.5 Å². The number of likely N-dealkylation sites (tertiary alicyclic amines) is 1. The van der Waals surface area contributed by atoms with Gasteiger partial charge in [0.15, 0.2) is 0 Å². The highest BCUT2D eigenvalue weighted by Gasteiger charge is 2.39. The summed E-state index contributed by atoms with van der Waals surface area (Å²) >= 11 is 0. The van der Waals surface area contributed by atoms with Gasteiger partial charge in [-0.1, -0.05) is 12.1 Å². The van der Waals surface area contributed by atoms with Crippen molar-refractivity contribution < 1.29 is 34.2 Å². The molecule has 14 heteroatoms. The molecule has 0 spiro atoms. The van der Waals surface area contributed by atoms with E-state index < -0.39 is 60.2 Å². The summed E-state index contributed by atoms with van der Waals surface area (Å²) in [5.74, 6) is -4.17. The standard InChI is InChI=1S/C24H31N7O7/c25-16(9-14-11-27-12-28-14)21(34)29-17(10-20(26)33)23(36)31-7-1-2-19(31)22(35)30-18(24(37)38)8-13-3-5-15(32)6-4-13/h3-6,11-12,16-19,32H,1-2,7-10,25H2,(H2,26,33)(H,27,28)(H,29,34)(H,30,35)(H,37,38). The number of hydrogen-bond acceptors (Lipinski definition) is 8. The van der Waals surface area contributed by atoms with E-state index in [1.807, 2.05) is 0 Å². The van der Waals surface area contributed by atoms with E-state index >= 15 is 0 Å².